The van der Waals surface area contributed by atoms with Crippen molar-refractivity contribution in [1.29, 1.82) is 0 Å². The molecule has 3 aromatic carbocycles. The molecule has 0 aliphatic heterocycles. The van der Waals surface area contributed by atoms with Crippen LogP contribution in [0.25, 0.3) is 22.3 Å². The fourth-order valence-electron chi connectivity index (χ4n) is 3.77. The number of furan rings is 2. The van der Waals surface area contributed by atoms with Gasteiger partial charge in [-0.2, -0.15) is 0 Å². The number of ether oxygens (including phenoxy) is 1. The number of hydrogen-bond donors (Lipinski definition) is 3. The summed E-state index contributed by atoms with van der Waals surface area (Å²) in [5, 5.41) is 10.0. The number of para-hydroxylation sites is 1. The molecule has 8 nitrogen and oxygen atoms in total. The topological polar surface area (TPSA) is 106 Å². The van der Waals surface area contributed by atoms with Crippen molar-refractivity contribution < 1.29 is 23.2 Å². The fraction of sp³-hybridized carbons (Fsp3) is 0.0357. The number of halogens is 2. The third-order valence-electron chi connectivity index (χ3n) is 5.61. The Morgan fingerprint density at radius 3 is 2.46 bits per heavy atom. The Balaban J connectivity index is 1.23. The number of hydrogen-bond acceptors (Lipinski definition) is 6. The summed E-state index contributed by atoms with van der Waals surface area (Å²) >= 11 is 17.5. The normalized spacial score (nSPS) is 10.7. The first kappa shape index (κ1) is 26.3. The first-order valence-corrected chi connectivity index (χ1v) is 12.6. The molecule has 0 spiro atoms. The number of fused-ring (bicyclic) bond motifs is 1. The summed E-state index contributed by atoms with van der Waals surface area (Å²) in [7, 11) is 1.47. The quantitative estimate of drug-likeness (QED) is 0.180. The van der Waals surface area contributed by atoms with Crippen LogP contribution in [0.2, 0.25) is 10.0 Å². The summed E-state index contributed by atoms with van der Waals surface area (Å²) in [5.41, 5.74) is 2.11. The number of carbonyl (C=O) groups is 2. The van der Waals surface area contributed by atoms with Gasteiger partial charge >= 0.3 is 0 Å². The molecule has 39 heavy (non-hydrogen) atoms. The van der Waals surface area contributed by atoms with Gasteiger partial charge < -0.3 is 24.2 Å². The Labute approximate surface area is 237 Å². The van der Waals surface area contributed by atoms with E-state index < -0.39 is 11.8 Å². The van der Waals surface area contributed by atoms with Gasteiger partial charge in [0, 0.05) is 27.7 Å². The van der Waals surface area contributed by atoms with Gasteiger partial charge in [0.1, 0.15) is 17.1 Å². The number of carbonyl (C=O) groups excluding carboxylic acids is 2. The molecule has 2 aromatic heterocycles. The van der Waals surface area contributed by atoms with E-state index in [1.165, 1.54) is 13.2 Å². The molecule has 3 N–H and O–H groups in total. The molecule has 0 saturated heterocycles. The van der Waals surface area contributed by atoms with Crippen molar-refractivity contribution in [2.45, 2.75) is 0 Å². The van der Waals surface area contributed by atoms with E-state index >= 15 is 0 Å². The minimum absolute atomic E-state index is 0.0276. The van der Waals surface area contributed by atoms with E-state index in [4.69, 9.17) is 49.0 Å². The van der Waals surface area contributed by atoms with Crippen LogP contribution in [0.4, 0.5) is 11.4 Å². The molecule has 0 bridgehead atoms. The van der Waals surface area contributed by atoms with E-state index in [0.717, 1.165) is 5.39 Å². The molecule has 11 heteroatoms. The molecule has 5 aromatic rings. The number of benzene rings is 3. The van der Waals surface area contributed by atoms with Gasteiger partial charge in [-0.05, 0) is 66.8 Å². The summed E-state index contributed by atoms with van der Waals surface area (Å²) in [4.78, 5) is 25.4. The van der Waals surface area contributed by atoms with Gasteiger partial charge in [0.05, 0.1) is 17.8 Å². The van der Waals surface area contributed by atoms with Gasteiger partial charge in [-0.3, -0.25) is 14.9 Å². The largest absolute Gasteiger partial charge is 0.494 e. The minimum Gasteiger partial charge on any atom is -0.494 e. The molecule has 0 fully saturated rings. The molecule has 0 aliphatic carbocycles. The van der Waals surface area contributed by atoms with Gasteiger partial charge in [0.15, 0.2) is 16.6 Å². The number of methoxy groups -OCH3 is 1. The lowest BCUT2D eigenvalue weighted by Crippen LogP contribution is -2.33. The SMILES string of the molecule is COc1cc(NC(=S)NC(=O)c2ccc(-c3cc(Cl)ccc3Cl)o2)ccc1NC(=O)c1cc2ccccc2o1. The fourth-order valence-corrected chi connectivity index (χ4v) is 4.36. The van der Waals surface area contributed by atoms with Crippen molar-refractivity contribution in [3.63, 3.8) is 0 Å². The zero-order valence-electron chi connectivity index (χ0n) is 20.2. The lowest BCUT2D eigenvalue weighted by molar-refractivity contribution is 0.0950. The molecule has 0 atom stereocenters. The molecule has 0 unspecified atom stereocenters. The van der Waals surface area contributed by atoms with Crippen LogP contribution in [0.15, 0.2) is 87.7 Å². The number of thiocarbonyl (C=S) groups is 1. The number of amides is 2. The van der Waals surface area contributed by atoms with E-state index in [1.54, 1.807) is 54.6 Å². The first-order chi connectivity index (χ1) is 18.8. The maximum atomic E-state index is 12.7. The molecule has 2 amide bonds. The Bertz CT molecular complexity index is 1700. The highest BCUT2D eigenvalue weighted by atomic mass is 35.5. The monoisotopic (exact) mass is 579 g/mol. The Kier molecular flexibility index (Phi) is 7.56. The number of anilines is 2. The Morgan fingerprint density at radius 1 is 0.846 bits per heavy atom. The maximum Gasteiger partial charge on any atom is 0.293 e. The molecule has 196 valence electrons. The van der Waals surface area contributed by atoms with Crippen LogP contribution in [-0.2, 0) is 0 Å². The molecular formula is C28H19Cl2N3O5S. The minimum atomic E-state index is -0.557. The van der Waals surface area contributed by atoms with Gasteiger partial charge in [-0.15, -0.1) is 0 Å². The third kappa shape index (κ3) is 5.91. The van der Waals surface area contributed by atoms with E-state index in [9.17, 15) is 9.59 Å². The highest BCUT2D eigenvalue weighted by molar-refractivity contribution is 7.80. The average Bonchev–Trinajstić information content (AvgIpc) is 3.59. The molecule has 2 heterocycles. The predicted molar refractivity (Wildman–Crippen MR) is 155 cm³/mol. The standard InChI is InChI=1S/C28H19Cl2N3O5S/c1-36-24-14-17(7-9-20(24)32-27(35)25-12-15-4-2-3-5-21(15)37-25)31-28(39)33-26(34)23-11-10-22(38-23)18-13-16(29)6-8-19(18)30/h2-14H,1H3,(H,32,35)(H2,31,33,34,39). The van der Waals surface area contributed by atoms with Crippen LogP contribution in [-0.4, -0.2) is 24.0 Å². The lowest BCUT2D eigenvalue weighted by Gasteiger charge is -2.13. The van der Waals surface area contributed by atoms with Crippen LogP contribution in [0.5, 0.6) is 5.75 Å². The maximum absolute atomic E-state index is 12.7. The Morgan fingerprint density at radius 2 is 1.67 bits per heavy atom. The summed E-state index contributed by atoms with van der Waals surface area (Å²) in [5.74, 6) is -0.0258. The van der Waals surface area contributed by atoms with Crippen LogP contribution < -0.4 is 20.7 Å². The smallest absolute Gasteiger partial charge is 0.293 e. The van der Waals surface area contributed by atoms with E-state index in [2.05, 4.69) is 16.0 Å². The highest BCUT2D eigenvalue weighted by Crippen LogP contribution is 2.32. The van der Waals surface area contributed by atoms with Crippen molar-refractivity contribution in [3.05, 3.63) is 100 Å². The second-order valence-corrected chi connectivity index (χ2v) is 9.47. The summed E-state index contributed by atoms with van der Waals surface area (Å²) < 4.78 is 16.7. The summed E-state index contributed by atoms with van der Waals surface area (Å²) in [6.07, 6.45) is 0. The lowest BCUT2D eigenvalue weighted by atomic mass is 10.2. The van der Waals surface area contributed by atoms with Crippen LogP contribution in [0.3, 0.4) is 0 Å². The number of rotatable bonds is 6. The average molecular weight is 580 g/mol. The highest BCUT2D eigenvalue weighted by Gasteiger charge is 2.17. The van der Waals surface area contributed by atoms with Crippen molar-refractivity contribution in [1.82, 2.24) is 5.32 Å². The second-order valence-electron chi connectivity index (χ2n) is 8.21. The molecule has 0 saturated carbocycles. The van der Waals surface area contributed by atoms with E-state index in [-0.39, 0.29) is 16.6 Å². The molecule has 5 rings (SSSR count). The van der Waals surface area contributed by atoms with Crippen molar-refractivity contribution in [2.75, 3.05) is 17.7 Å². The van der Waals surface area contributed by atoms with E-state index in [0.29, 0.717) is 44.1 Å². The number of nitrogens with one attached hydrogen (secondary N) is 3. The first-order valence-electron chi connectivity index (χ1n) is 11.5. The van der Waals surface area contributed by atoms with Gasteiger partial charge in [-0.1, -0.05) is 41.4 Å². The van der Waals surface area contributed by atoms with Crippen LogP contribution in [0, 0.1) is 0 Å². The third-order valence-corrected chi connectivity index (χ3v) is 6.38. The zero-order chi connectivity index (χ0) is 27.5. The molecular weight excluding hydrogens is 561 g/mol. The second kappa shape index (κ2) is 11.2. The van der Waals surface area contributed by atoms with Gasteiger partial charge in [0.2, 0.25) is 0 Å². The summed E-state index contributed by atoms with van der Waals surface area (Å²) in [6, 6.07) is 22.0. The van der Waals surface area contributed by atoms with E-state index in [1.807, 2.05) is 18.2 Å². The van der Waals surface area contributed by atoms with Gasteiger partial charge in [-0.25, -0.2) is 0 Å². The summed E-state index contributed by atoms with van der Waals surface area (Å²) in [6.45, 7) is 0. The zero-order valence-corrected chi connectivity index (χ0v) is 22.5. The Hall–Kier alpha value is -4.31. The van der Waals surface area contributed by atoms with Crippen molar-refractivity contribution in [3.8, 4) is 17.1 Å². The predicted octanol–water partition coefficient (Wildman–Crippen LogP) is 7.39. The van der Waals surface area contributed by atoms with Crippen LogP contribution in [0.1, 0.15) is 21.1 Å². The van der Waals surface area contributed by atoms with Crippen LogP contribution >= 0.6 is 35.4 Å². The van der Waals surface area contributed by atoms with Gasteiger partial charge in [0.25, 0.3) is 11.8 Å². The molecule has 0 aliphatic rings. The van der Waals surface area contributed by atoms with Crippen molar-refractivity contribution in [2.24, 2.45) is 0 Å². The molecule has 0 radical (unpaired) electrons. The van der Waals surface area contributed by atoms with Crippen molar-refractivity contribution >= 4 is 74.7 Å².